The number of sulfonamides is 1. The Morgan fingerprint density at radius 1 is 1.17 bits per heavy atom. The molecule has 254 valence electrons. The van der Waals surface area contributed by atoms with Crippen LogP contribution in [-0.4, -0.2) is 80.2 Å². The number of amides is 3. The fourth-order valence-corrected chi connectivity index (χ4v) is 8.69. The molecule has 0 radical (unpaired) electrons. The number of fused-ring (bicyclic) bond motifs is 3. The highest BCUT2D eigenvalue weighted by Gasteiger charge is 2.62. The van der Waals surface area contributed by atoms with Crippen molar-refractivity contribution in [3.63, 3.8) is 0 Å². The van der Waals surface area contributed by atoms with E-state index in [9.17, 15) is 22.8 Å². The first-order chi connectivity index (χ1) is 22.5. The van der Waals surface area contributed by atoms with Gasteiger partial charge in [0, 0.05) is 31.0 Å². The number of nitrogens with zero attached hydrogens (tertiary/aromatic N) is 2. The molecule has 5 unspecified atom stereocenters. The number of aromatic nitrogens is 1. The van der Waals surface area contributed by atoms with Crippen LogP contribution < -0.4 is 24.2 Å². The maximum absolute atomic E-state index is 14.1. The highest BCUT2D eigenvalue weighted by Crippen LogP contribution is 2.47. The molecule has 1 aliphatic heterocycles. The molecule has 5 atom stereocenters. The number of rotatable bonds is 8. The van der Waals surface area contributed by atoms with Crippen LogP contribution in [0, 0.1) is 17.8 Å². The van der Waals surface area contributed by atoms with Crippen molar-refractivity contribution in [1.82, 2.24) is 19.9 Å². The average Bonchev–Trinajstić information content (AvgIpc) is 3.96. The molecule has 3 saturated carbocycles. The van der Waals surface area contributed by atoms with E-state index in [1.807, 2.05) is 25.1 Å². The summed E-state index contributed by atoms with van der Waals surface area (Å²) in [7, 11) is -0.503. The molecule has 3 fully saturated rings. The van der Waals surface area contributed by atoms with Crippen LogP contribution in [0.5, 0.6) is 17.4 Å². The van der Waals surface area contributed by atoms with E-state index in [0.717, 1.165) is 19.3 Å². The summed E-state index contributed by atoms with van der Waals surface area (Å²) in [6, 6.07) is 5.35. The van der Waals surface area contributed by atoms with Crippen LogP contribution in [0.25, 0.3) is 10.9 Å². The van der Waals surface area contributed by atoms with Crippen LogP contribution in [-0.2, 0) is 24.4 Å². The number of ether oxygens (including phenoxy) is 3. The minimum Gasteiger partial charge on any atom is -0.495 e. The number of pyridine rings is 1. The van der Waals surface area contributed by atoms with E-state index in [1.165, 1.54) is 0 Å². The van der Waals surface area contributed by atoms with E-state index in [1.54, 1.807) is 31.2 Å². The van der Waals surface area contributed by atoms with Crippen LogP contribution in [0.1, 0.15) is 58.3 Å². The highest BCUT2D eigenvalue weighted by molar-refractivity contribution is 9.10. The van der Waals surface area contributed by atoms with Gasteiger partial charge >= 0.3 is 0 Å². The second-order valence-corrected chi connectivity index (χ2v) is 15.7. The number of methoxy groups -OCH3 is 1. The molecule has 4 aliphatic rings. The summed E-state index contributed by atoms with van der Waals surface area (Å²) >= 11 is 3.58. The molecule has 12 nitrogen and oxygen atoms in total. The largest absolute Gasteiger partial charge is 0.495 e. The number of nitrogens with one attached hydrogen (secondary N) is 2. The van der Waals surface area contributed by atoms with E-state index in [-0.39, 0.29) is 31.1 Å². The first-order valence-corrected chi connectivity index (χ1v) is 18.6. The maximum atomic E-state index is 14.1. The second-order valence-electron chi connectivity index (χ2n) is 12.9. The highest BCUT2D eigenvalue weighted by atomic mass is 79.9. The quantitative estimate of drug-likeness (QED) is 0.386. The first kappa shape index (κ1) is 33.5. The lowest BCUT2D eigenvalue weighted by molar-refractivity contribution is -0.140. The van der Waals surface area contributed by atoms with Crippen molar-refractivity contribution in [3.05, 3.63) is 34.8 Å². The van der Waals surface area contributed by atoms with Gasteiger partial charge in [-0.3, -0.25) is 19.1 Å². The molecule has 3 aliphatic carbocycles. The summed E-state index contributed by atoms with van der Waals surface area (Å²) in [6.07, 6.45) is 7.55. The van der Waals surface area contributed by atoms with Gasteiger partial charge in [-0.2, -0.15) is 0 Å². The summed E-state index contributed by atoms with van der Waals surface area (Å²) in [5.41, 5.74) is -0.811. The molecule has 2 heterocycles. The van der Waals surface area contributed by atoms with Gasteiger partial charge in [0.15, 0.2) is 0 Å². The lowest BCUT2D eigenvalue weighted by atomic mass is 9.93. The van der Waals surface area contributed by atoms with Gasteiger partial charge in [-0.1, -0.05) is 12.2 Å². The van der Waals surface area contributed by atoms with Crippen LogP contribution in [0.15, 0.2) is 34.8 Å². The molecule has 0 spiro atoms. The predicted molar refractivity (Wildman–Crippen MR) is 177 cm³/mol. The molecule has 1 aromatic heterocycles. The van der Waals surface area contributed by atoms with Crippen molar-refractivity contribution < 1.29 is 37.0 Å². The predicted octanol–water partition coefficient (Wildman–Crippen LogP) is 3.86. The average molecular weight is 734 g/mol. The van der Waals surface area contributed by atoms with E-state index in [0.29, 0.717) is 58.7 Å². The van der Waals surface area contributed by atoms with Gasteiger partial charge in [-0.15, -0.1) is 0 Å². The normalized spacial score (nSPS) is 28.8. The fraction of sp³-hybridized carbons (Fsp3) is 0.576. The van der Waals surface area contributed by atoms with Gasteiger partial charge in [0.05, 0.1) is 40.8 Å². The topological polar surface area (TPSA) is 153 Å². The lowest BCUT2D eigenvalue weighted by Crippen LogP contribution is -2.54. The van der Waals surface area contributed by atoms with Crippen molar-refractivity contribution >= 4 is 54.6 Å². The minimum atomic E-state index is -3.82. The number of carbonyl (C=O) groups is 3. The van der Waals surface area contributed by atoms with E-state index in [4.69, 9.17) is 14.2 Å². The SMILES string of the molecule is CCOc1cc(OC2CC3C(=O)NC4(C(=O)NS(=O)(=O)C5CC5)CC4/C=C\CCCCN(C)C(=O)C3C2)c2ccc(OC)c(Br)c2n1. The van der Waals surface area contributed by atoms with Crippen molar-refractivity contribution in [3.8, 4) is 17.4 Å². The van der Waals surface area contributed by atoms with E-state index in [2.05, 4.69) is 31.0 Å². The van der Waals surface area contributed by atoms with Crippen molar-refractivity contribution in [2.24, 2.45) is 17.8 Å². The lowest BCUT2D eigenvalue weighted by Gasteiger charge is -2.26. The number of allylic oxidation sites excluding steroid dienone is 1. The molecular weight excluding hydrogens is 692 g/mol. The minimum absolute atomic E-state index is 0.159. The molecule has 2 N–H and O–H groups in total. The van der Waals surface area contributed by atoms with Gasteiger partial charge in [0.1, 0.15) is 23.1 Å². The zero-order valence-electron chi connectivity index (χ0n) is 26.8. The first-order valence-electron chi connectivity index (χ1n) is 16.2. The molecule has 47 heavy (non-hydrogen) atoms. The molecule has 0 bridgehead atoms. The van der Waals surface area contributed by atoms with Crippen molar-refractivity contribution in [2.45, 2.75) is 75.2 Å². The summed E-state index contributed by atoms with van der Waals surface area (Å²) in [5.74, 6) is -1.73. The van der Waals surface area contributed by atoms with Crippen molar-refractivity contribution in [2.75, 3.05) is 27.3 Å². The zero-order valence-corrected chi connectivity index (χ0v) is 29.2. The number of hydrogen-bond acceptors (Lipinski definition) is 9. The molecule has 6 rings (SSSR count). The zero-order chi connectivity index (χ0) is 33.5. The van der Waals surface area contributed by atoms with Crippen LogP contribution in [0.4, 0.5) is 0 Å². The van der Waals surface area contributed by atoms with Gasteiger partial charge < -0.3 is 24.4 Å². The Morgan fingerprint density at radius 2 is 1.94 bits per heavy atom. The smallest absolute Gasteiger partial charge is 0.259 e. The Kier molecular flexibility index (Phi) is 9.45. The Bertz CT molecular complexity index is 1710. The maximum Gasteiger partial charge on any atom is 0.259 e. The number of halogens is 1. The van der Waals surface area contributed by atoms with Gasteiger partial charge in [0.25, 0.3) is 5.91 Å². The van der Waals surface area contributed by atoms with Crippen LogP contribution in [0.3, 0.4) is 0 Å². The fourth-order valence-electron chi connectivity index (χ4n) is 6.73. The van der Waals surface area contributed by atoms with Crippen LogP contribution in [0.2, 0.25) is 0 Å². The molecular formula is C33H41BrN4O8S. The molecule has 14 heteroatoms. The number of benzene rings is 1. The molecule has 1 aromatic carbocycles. The summed E-state index contributed by atoms with van der Waals surface area (Å²) < 4.78 is 46.0. The summed E-state index contributed by atoms with van der Waals surface area (Å²) in [5, 5.41) is 3.05. The molecule has 3 amide bonds. The van der Waals surface area contributed by atoms with Crippen LogP contribution >= 0.6 is 15.9 Å². The van der Waals surface area contributed by atoms with Gasteiger partial charge in [0.2, 0.25) is 27.7 Å². The molecule has 2 aromatic rings. The molecule has 0 saturated heterocycles. The summed E-state index contributed by atoms with van der Waals surface area (Å²) in [4.78, 5) is 47.8. The number of carbonyl (C=O) groups excluding carboxylic acids is 3. The summed E-state index contributed by atoms with van der Waals surface area (Å²) in [6.45, 7) is 2.80. The Hall–Kier alpha value is -3.39. The Labute approximate surface area is 283 Å². The van der Waals surface area contributed by atoms with Gasteiger partial charge in [-0.25, -0.2) is 13.4 Å². The van der Waals surface area contributed by atoms with E-state index >= 15 is 0 Å². The Morgan fingerprint density at radius 3 is 2.66 bits per heavy atom. The second kappa shape index (κ2) is 13.3. The number of hydrogen-bond donors (Lipinski definition) is 2. The third-order valence-electron chi connectivity index (χ3n) is 9.63. The van der Waals surface area contributed by atoms with E-state index < -0.39 is 50.6 Å². The third-order valence-corrected chi connectivity index (χ3v) is 12.2. The van der Waals surface area contributed by atoms with Gasteiger partial charge in [-0.05, 0) is 86.4 Å². The Balaban J connectivity index is 1.30. The standard InChI is InChI=1S/C33H41BrN4O8S/c1-4-45-27-17-26(22-12-13-25(44-3)28(34)29(22)35-27)46-20-15-23-24(16-20)31(40)38(2)14-8-6-5-7-9-19-18-33(19,36-30(23)39)32(41)37-47(42,43)21-10-11-21/h7,9,12-13,17,19-21,23-24H,4-6,8,10-11,14-16,18H2,1-3H3,(H,36,39)(H,37,41)/b9-7-. The monoisotopic (exact) mass is 732 g/mol. The third kappa shape index (κ3) is 6.81. The van der Waals surface area contributed by atoms with Crippen molar-refractivity contribution in [1.29, 1.82) is 0 Å².